The Kier molecular flexibility index (Phi) is 46.8. The molecule has 24 nitrogen and oxygen atoms in total. The molecule has 0 unspecified atom stereocenters. The van der Waals surface area contributed by atoms with Crippen LogP contribution >= 0.6 is 12.4 Å². The Hall–Kier alpha value is -5.32. The molecule has 6 aliphatic rings. The molecular formula is C59H112ClF4N7O17. The van der Waals surface area contributed by atoms with Crippen molar-refractivity contribution in [2.45, 2.75) is 277 Å². The number of nitrogens with one attached hydrogen (secondary N) is 5. The van der Waals surface area contributed by atoms with Gasteiger partial charge in [-0.05, 0) is 191 Å². The topological polar surface area (TPSA) is 351 Å². The molecule has 0 spiro atoms. The number of carboxylic acid groups (broad SMARTS) is 1. The number of aliphatic carboxylic acids is 1. The number of rotatable bonds is 10. The Balaban J connectivity index is -0.000000321. The second-order valence-corrected chi connectivity index (χ2v) is 24.0. The molecule has 29 heteroatoms. The SMILES string of the molecule is C.C.C.C1CCOC1.C1CCOC1.CC(C)(C)OC(=O)NC1CCC(F)(C(=O)NCC=O)CC1.CC(C)(C)OC(=O)NC1CCC(F)(C(=O)O)CC1.COC(=O)C1(F)CCC(N)CC1.COC(=O)C1(F)CCC(NC(=O)OC(C)(C)C)CC1.Cl.NNC=O. The lowest BCUT2D eigenvalue weighted by Crippen LogP contribution is -2.50. The summed E-state index contributed by atoms with van der Waals surface area (Å²) >= 11 is 0. The van der Waals surface area contributed by atoms with Crippen LogP contribution in [0.25, 0.3) is 0 Å². The average molecular weight is 1300 g/mol. The number of halogens is 5. The molecule has 5 amide bonds. The van der Waals surface area contributed by atoms with Crippen molar-refractivity contribution in [3.05, 3.63) is 0 Å². The maximum Gasteiger partial charge on any atom is 0.407 e. The van der Waals surface area contributed by atoms with Crippen LogP contribution in [0, 0.1) is 0 Å². The van der Waals surface area contributed by atoms with E-state index in [4.69, 9.17) is 39.3 Å². The minimum absolute atomic E-state index is 0. The Bertz CT molecular complexity index is 1970. The lowest BCUT2D eigenvalue weighted by atomic mass is 9.83. The van der Waals surface area contributed by atoms with E-state index in [0.717, 1.165) is 26.4 Å². The number of carbonyl (C=O) groups excluding carboxylic acids is 8. The molecule has 2 heterocycles. The van der Waals surface area contributed by atoms with Gasteiger partial charge in [-0.1, -0.05) is 22.3 Å². The Morgan fingerprint density at radius 3 is 1.00 bits per heavy atom. The third-order valence-electron chi connectivity index (χ3n) is 13.3. The highest BCUT2D eigenvalue weighted by Gasteiger charge is 2.46. The fourth-order valence-electron chi connectivity index (χ4n) is 8.71. The first-order valence-corrected chi connectivity index (χ1v) is 28.6. The molecule has 2 saturated heterocycles. The summed E-state index contributed by atoms with van der Waals surface area (Å²) in [6.07, 6.45) is 8.02. The molecule has 88 heavy (non-hydrogen) atoms. The van der Waals surface area contributed by atoms with Crippen LogP contribution in [0.3, 0.4) is 0 Å². The van der Waals surface area contributed by atoms with Crippen molar-refractivity contribution in [3.63, 3.8) is 0 Å². The molecule has 0 aromatic rings. The van der Waals surface area contributed by atoms with Crippen molar-refractivity contribution in [2.24, 2.45) is 11.6 Å². The summed E-state index contributed by atoms with van der Waals surface area (Å²) < 4.78 is 89.9. The molecule has 4 saturated carbocycles. The van der Waals surface area contributed by atoms with Gasteiger partial charge >= 0.3 is 36.2 Å². The third-order valence-corrected chi connectivity index (χ3v) is 13.3. The molecule has 0 radical (unpaired) electrons. The number of ether oxygens (including phenoxy) is 7. The van der Waals surface area contributed by atoms with Gasteiger partial charge < -0.3 is 70.1 Å². The summed E-state index contributed by atoms with van der Waals surface area (Å²) in [6.45, 7) is 19.7. The van der Waals surface area contributed by atoms with E-state index in [1.165, 1.54) is 39.9 Å². The minimum Gasteiger partial charge on any atom is -0.479 e. The molecule has 0 aromatic carbocycles. The van der Waals surface area contributed by atoms with E-state index in [1.54, 1.807) is 67.7 Å². The van der Waals surface area contributed by atoms with E-state index in [-0.39, 0.29) is 117 Å². The first-order valence-electron chi connectivity index (χ1n) is 28.6. The number of hydrogen-bond acceptors (Lipinski definition) is 18. The summed E-state index contributed by atoms with van der Waals surface area (Å²) in [7, 11) is 2.38. The molecule has 0 bridgehead atoms. The van der Waals surface area contributed by atoms with Gasteiger partial charge in [0.05, 0.1) is 20.8 Å². The van der Waals surface area contributed by atoms with Crippen molar-refractivity contribution in [3.8, 4) is 0 Å². The molecule has 10 N–H and O–H groups in total. The smallest absolute Gasteiger partial charge is 0.407 e. The number of carbonyl (C=O) groups is 9. The predicted molar refractivity (Wildman–Crippen MR) is 328 cm³/mol. The van der Waals surface area contributed by atoms with E-state index >= 15 is 0 Å². The molecule has 6 fully saturated rings. The number of carboxylic acids is 1. The minimum atomic E-state index is -2.15. The van der Waals surface area contributed by atoms with Crippen molar-refractivity contribution in [1.82, 2.24) is 26.7 Å². The van der Waals surface area contributed by atoms with Crippen LogP contribution in [0.5, 0.6) is 0 Å². The van der Waals surface area contributed by atoms with E-state index in [1.807, 2.05) is 0 Å². The van der Waals surface area contributed by atoms with Gasteiger partial charge in [0, 0.05) is 50.6 Å². The summed E-state index contributed by atoms with van der Waals surface area (Å²) in [6, 6.07) is -0.549. The molecule has 520 valence electrons. The zero-order valence-electron chi connectivity index (χ0n) is 51.7. The summed E-state index contributed by atoms with van der Waals surface area (Å²) in [5.74, 6) is 0.647. The van der Waals surface area contributed by atoms with Crippen LogP contribution in [0.2, 0.25) is 0 Å². The van der Waals surface area contributed by atoms with Crippen LogP contribution in [0.15, 0.2) is 0 Å². The van der Waals surface area contributed by atoms with Gasteiger partial charge in [0.25, 0.3) is 5.91 Å². The van der Waals surface area contributed by atoms with Crippen molar-refractivity contribution < 1.29 is 99.0 Å². The number of hydrazine groups is 1. The molecule has 0 atom stereocenters. The number of nitrogens with two attached hydrogens (primary N) is 2. The molecule has 6 rings (SSSR count). The number of aldehydes is 1. The van der Waals surface area contributed by atoms with Crippen LogP contribution in [-0.4, -0.2) is 171 Å². The number of hydrogen-bond donors (Lipinski definition) is 8. The number of esters is 2. The van der Waals surface area contributed by atoms with Crippen LogP contribution in [-0.2, 0) is 61.9 Å². The quantitative estimate of drug-likeness (QED) is 0.0192. The molecule has 2 aliphatic heterocycles. The number of amides is 5. The van der Waals surface area contributed by atoms with Crippen LogP contribution in [0.4, 0.5) is 31.9 Å². The van der Waals surface area contributed by atoms with Crippen molar-refractivity contribution in [1.29, 1.82) is 0 Å². The van der Waals surface area contributed by atoms with Gasteiger partial charge in [-0.25, -0.2) is 52.2 Å². The van der Waals surface area contributed by atoms with Gasteiger partial charge in [-0.3, -0.25) is 15.0 Å². The molecule has 4 aliphatic carbocycles. The van der Waals surface area contributed by atoms with Gasteiger partial charge in [-0.15, -0.1) is 12.4 Å². The monoisotopic (exact) mass is 1300 g/mol. The maximum atomic E-state index is 14.4. The number of methoxy groups -OCH3 is 2. The maximum absolute atomic E-state index is 14.4. The highest BCUT2D eigenvalue weighted by molar-refractivity contribution is 5.86. The second kappa shape index (κ2) is 45.0. The number of alkyl carbamates (subject to hydrolysis) is 3. The number of alkyl halides is 4. The third kappa shape index (κ3) is 40.3. The fraction of sp³-hybridized carbons (Fsp3) is 0.847. The van der Waals surface area contributed by atoms with Gasteiger partial charge in [0.15, 0.2) is 5.67 Å². The van der Waals surface area contributed by atoms with Crippen molar-refractivity contribution >= 4 is 67.2 Å². The summed E-state index contributed by atoms with van der Waals surface area (Å²) in [4.78, 5) is 98.4. The van der Waals surface area contributed by atoms with Crippen LogP contribution < -0.4 is 38.3 Å². The van der Waals surface area contributed by atoms with E-state index < -0.39 is 81.6 Å². The van der Waals surface area contributed by atoms with E-state index in [9.17, 15) is 55.9 Å². The Morgan fingerprint density at radius 1 is 0.523 bits per heavy atom. The summed E-state index contributed by atoms with van der Waals surface area (Å²) in [5, 5.41) is 19.0. The zero-order chi connectivity index (χ0) is 64.4. The lowest BCUT2D eigenvalue weighted by Gasteiger charge is -2.33. The van der Waals surface area contributed by atoms with E-state index in [0.29, 0.717) is 64.1 Å². The van der Waals surface area contributed by atoms with Crippen LogP contribution in [0.1, 0.15) is 213 Å². The fourth-order valence-corrected chi connectivity index (χ4v) is 8.71. The Morgan fingerprint density at radius 2 is 0.784 bits per heavy atom. The van der Waals surface area contributed by atoms with Gasteiger partial charge in [-0.2, -0.15) is 0 Å². The summed E-state index contributed by atoms with van der Waals surface area (Å²) in [5.41, 5.74) is -2.20. The van der Waals surface area contributed by atoms with Gasteiger partial charge in [0.1, 0.15) is 23.1 Å². The van der Waals surface area contributed by atoms with Crippen molar-refractivity contribution in [2.75, 3.05) is 47.2 Å². The van der Waals surface area contributed by atoms with E-state index in [2.05, 4.69) is 36.6 Å². The first-order chi connectivity index (χ1) is 38.9. The second-order valence-electron chi connectivity index (χ2n) is 24.0. The molecule has 0 aromatic heterocycles. The lowest BCUT2D eigenvalue weighted by molar-refractivity contribution is -0.157. The highest BCUT2D eigenvalue weighted by atomic mass is 35.5. The largest absolute Gasteiger partial charge is 0.479 e. The predicted octanol–water partition coefficient (Wildman–Crippen LogP) is 9.36. The average Bonchev–Trinajstić information content (AvgIpc) is 2.22. The standard InChI is InChI=1S/C14H23FN2O4.C13H22FNO4.C12H20FNO4.C8H14FNO2.2C4H8O.CH4N2O.3CH4.ClH/c1-13(2,3)21-12(20)17-10-4-6-14(15,7-5-10)11(19)16-8-9-18;1-12(2,3)19-11(17)15-9-5-7-13(14,8-6-9)10(16)18-4;1-11(2,3)18-10(17)14-8-4-6-12(13,7-5-8)9(15)16;1-12-7(11)8(9)4-2-6(10)3-5-8;2*1-2-4-5-3-1;2-3-1-4;;;;/h9-10H,4-8H2,1-3H3,(H,16,19)(H,17,20);9H,5-8H2,1-4H3,(H,15,17);8H,4-7H2,1-3H3,(H,14,17)(H,15,16);6H,2-5,10H2,1H3;2*1-4H2;1H,2H2,(H,3,4);3*1H4;1H. The first kappa shape index (κ1) is 91.4. The highest BCUT2D eigenvalue weighted by Crippen LogP contribution is 2.36. The van der Waals surface area contributed by atoms with Gasteiger partial charge in [0.2, 0.25) is 23.4 Å². The molecular weight excluding hydrogens is 1190 g/mol. The Labute approximate surface area is 526 Å². The zero-order valence-corrected chi connectivity index (χ0v) is 52.5. The normalized spacial score (nSPS) is 25.8.